The minimum absolute atomic E-state index is 0.168. The van der Waals surface area contributed by atoms with Gasteiger partial charge < -0.3 is 15.0 Å². The number of fused-ring (bicyclic) bond motifs is 1. The maximum Gasteiger partial charge on any atom is 0.244 e. The second-order valence-corrected chi connectivity index (χ2v) is 6.08. The van der Waals surface area contributed by atoms with Crippen LogP contribution >= 0.6 is 0 Å². The number of amides is 1. The molecule has 1 aliphatic rings. The number of hydrogen-bond donors (Lipinski definition) is 1. The SMILES string of the molecule is C[C@H](NC(=O)/C=C/c1ccccc1F)c1ccc2c(c1)N(C)CCO2. The molecule has 4 nitrogen and oxygen atoms in total. The van der Waals surface area contributed by atoms with Gasteiger partial charge in [-0.15, -0.1) is 0 Å². The molecule has 1 atom stereocenters. The average Bonchev–Trinajstić information content (AvgIpc) is 2.61. The predicted molar refractivity (Wildman–Crippen MR) is 97.2 cm³/mol. The van der Waals surface area contributed by atoms with E-state index in [2.05, 4.69) is 10.2 Å². The van der Waals surface area contributed by atoms with Gasteiger partial charge in [0, 0.05) is 18.7 Å². The Hall–Kier alpha value is -2.82. The zero-order valence-corrected chi connectivity index (χ0v) is 14.3. The zero-order valence-electron chi connectivity index (χ0n) is 14.3. The van der Waals surface area contributed by atoms with E-state index in [-0.39, 0.29) is 17.8 Å². The average molecular weight is 340 g/mol. The molecule has 0 unspecified atom stereocenters. The molecule has 0 fully saturated rings. The standard InChI is InChI=1S/C20H21FN2O2/c1-14(16-7-9-19-18(13-16)23(2)11-12-25-19)22-20(24)10-8-15-5-3-4-6-17(15)21/h3-10,13-14H,11-12H2,1-2H3,(H,22,24)/b10-8+/t14-/m0/s1. The summed E-state index contributed by atoms with van der Waals surface area (Å²) in [5.74, 6) is 0.242. The third-order valence-electron chi connectivity index (χ3n) is 4.26. The van der Waals surface area contributed by atoms with Gasteiger partial charge in [0.05, 0.1) is 18.3 Å². The molecule has 0 saturated heterocycles. The highest BCUT2D eigenvalue weighted by molar-refractivity contribution is 5.92. The fraction of sp³-hybridized carbons (Fsp3) is 0.250. The van der Waals surface area contributed by atoms with Crippen LogP contribution in [0.2, 0.25) is 0 Å². The van der Waals surface area contributed by atoms with Crippen LogP contribution < -0.4 is 15.0 Å². The molecule has 0 spiro atoms. The van der Waals surface area contributed by atoms with Gasteiger partial charge >= 0.3 is 0 Å². The number of carbonyl (C=O) groups is 1. The third-order valence-corrected chi connectivity index (χ3v) is 4.26. The Kier molecular flexibility index (Phi) is 5.03. The largest absolute Gasteiger partial charge is 0.490 e. The van der Waals surface area contributed by atoms with Gasteiger partial charge in [0.25, 0.3) is 0 Å². The molecule has 0 radical (unpaired) electrons. The molecule has 1 heterocycles. The van der Waals surface area contributed by atoms with E-state index in [0.29, 0.717) is 12.2 Å². The molecule has 1 amide bonds. The minimum atomic E-state index is -0.350. The van der Waals surface area contributed by atoms with E-state index in [1.165, 1.54) is 18.2 Å². The quantitative estimate of drug-likeness (QED) is 0.866. The van der Waals surface area contributed by atoms with Crippen molar-refractivity contribution in [3.63, 3.8) is 0 Å². The van der Waals surface area contributed by atoms with E-state index in [0.717, 1.165) is 23.5 Å². The number of nitrogens with one attached hydrogen (secondary N) is 1. The molecule has 2 aromatic rings. The number of anilines is 1. The van der Waals surface area contributed by atoms with Crippen molar-refractivity contribution < 1.29 is 13.9 Å². The molecule has 0 bridgehead atoms. The number of benzene rings is 2. The van der Waals surface area contributed by atoms with Crippen LogP contribution in [0.25, 0.3) is 6.08 Å². The third kappa shape index (κ3) is 3.99. The van der Waals surface area contributed by atoms with Crippen LogP contribution in [0.15, 0.2) is 48.5 Å². The van der Waals surface area contributed by atoms with E-state index < -0.39 is 0 Å². The van der Waals surface area contributed by atoms with Crippen molar-refractivity contribution in [1.29, 1.82) is 0 Å². The number of nitrogens with zero attached hydrogens (tertiary/aromatic N) is 1. The normalized spacial score (nSPS) is 14.8. The lowest BCUT2D eigenvalue weighted by Gasteiger charge is -2.28. The van der Waals surface area contributed by atoms with Gasteiger partial charge in [-0.05, 0) is 36.8 Å². The van der Waals surface area contributed by atoms with Gasteiger partial charge in [-0.25, -0.2) is 4.39 Å². The van der Waals surface area contributed by atoms with Crippen LogP contribution in [-0.4, -0.2) is 26.1 Å². The number of rotatable bonds is 4. The topological polar surface area (TPSA) is 41.6 Å². The Morgan fingerprint density at radius 2 is 2.12 bits per heavy atom. The molecule has 2 aromatic carbocycles. The Morgan fingerprint density at radius 3 is 2.92 bits per heavy atom. The summed E-state index contributed by atoms with van der Waals surface area (Å²) in [7, 11) is 2.02. The lowest BCUT2D eigenvalue weighted by atomic mass is 10.1. The number of halogens is 1. The van der Waals surface area contributed by atoms with Gasteiger partial charge in [-0.2, -0.15) is 0 Å². The van der Waals surface area contributed by atoms with E-state index in [1.807, 2.05) is 32.2 Å². The van der Waals surface area contributed by atoms with Crippen molar-refractivity contribution in [3.8, 4) is 5.75 Å². The Bertz CT molecular complexity index is 804. The summed E-state index contributed by atoms with van der Waals surface area (Å²) in [6, 6.07) is 12.1. The summed E-state index contributed by atoms with van der Waals surface area (Å²) in [4.78, 5) is 14.2. The van der Waals surface area contributed by atoms with E-state index in [1.54, 1.807) is 18.2 Å². The van der Waals surface area contributed by atoms with Gasteiger partial charge in [0.2, 0.25) is 5.91 Å². The molecule has 5 heteroatoms. The molecular formula is C20H21FN2O2. The first-order chi connectivity index (χ1) is 12.0. The zero-order chi connectivity index (χ0) is 17.8. The monoisotopic (exact) mass is 340 g/mol. The van der Waals surface area contributed by atoms with Crippen LogP contribution in [0.5, 0.6) is 5.75 Å². The summed E-state index contributed by atoms with van der Waals surface area (Å²) < 4.78 is 19.2. The number of hydrogen-bond acceptors (Lipinski definition) is 3. The molecule has 0 aromatic heterocycles. The molecule has 1 aliphatic heterocycles. The molecule has 25 heavy (non-hydrogen) atoms. The van der Waals surface area contributed by atoms with Crippen LogP contribution in [0.3, 0.4) is 0 Å². The van der Waals surface area contributed by atoms with Crippen molar-refractivity contribution in [3.05, 3.63) is 65.5 Å². The fourth-order valence-corrected chi connectivity index (χ4v) is 2.76. The minimum Gasteiger partial charge on any atom is -0.490 e. The smallest absolute Gasteiger partial charge is 0.244 e. The van der Waals surface area contributed by atoms with Crippen LogP contribution in [0.4, 0.5) is 10.1 Å². The second-order valence-electron chi connectivity index (χ2n) is 6.08. The maximum absolute atomic E-state index is 13.6. The first-order valence-electron chi connectivity index (χ1n) is 8.25. The highest BCUT2D eigenvalue weighted by Gasteiger charge is 2.17. The molecule has 3 rings (SSSR count). The van der Waals surface area contributed by atoms with Crippen LogP contribution in [0.1, 0.15) is 24.1 Å². The summed E-state index contributed by atoms with van der Waals surface area (Å²) in [5.41, 5.74) is 2.40. The summed E-state index contributed by atoms with van der Waals surface area (Å²) in [6.45, 7) is 3.43. The Balaban J connectivity index is 1.68. The molecule has 0 aliphatic carbocycles. The van der Waals surface area contributed by atoms with Crippen LogP contribution in [-0.2, 0) is 4.79 Å². The van der Waals surface area contributed by atoms with Gasteiger partial charge in [-0.1, -0.05) is 24.3 Å². The Labute approximate surface area is 146 Å². The first-order valence-corrected chi connectivity index (χ1v) is 8.25. The highest BCUT2D eigenvalue weighted by atomic mass is 19.1. The number of ether oxygens (including phenoxy) is 1. The van der Waals surface area contributed by atoms with Crippen molar-refractivity contribution in [2.75, 3.05) is 25.1 Å². The summed E-state index contributed by atoms with van der Waals surface area (Å²) in [6.07, 6.45) is 2.83. The molecule has 1 N–H and O–H groups in total. The molecular weight excluding hydrogens is 319 g/mol. The van der Waals surface area contributed by atoms with E-state index in [9.17, 15) is 9.18 Å². The van der Waals surface area contributed by atoms with Crippen molar-refractivity contribution in [2.24, 2.45) is 0 Å². The lowest BCUT2D eigenvalue weighted by Crippen LogP contribution is -2.29. The fourth-order valence-electron chi connectivity index (χ4n) is 2.76. The van der Waals surface area contributed by atoms with E-state index >= 15 is 0 Å². The lowest BCUT2D eigenvalue weighted by molar-refractivity contribution is -0.117. The number of carbonyl (C=O) groups excluding carboxylic acids is 1. The number of likely N-dealkylation sites (N-methyl/N-ethyl adjacent to an activating group) is 1. The van der Waals surface area contributed by atoms with Crippen molar-refractivity contribution >= 4 is 17.7 Å². The van der Waals surface area contributed by atoms with Gasteiger partial charge in [-0.3, -0.25) is 4.79 Å². The summed E-state index contributed by atoms with van der Waals surface area (Å²) >= 11 is 0. The maximum atomic E-state index is 13.6. The van der Waals surface area contributed by atoms with Crippen molar-refractivity contribution in [1.82, 2.24) is 5.32 Å². The first kappa shape index (κ1) is 17.0. The highest BCUT2D eigenvalue weighted by Crippen LogP contribution is 2.33. The Morgan fingerprint density at radius 1 is 1.32 bits per heavy atom. The van der Waals surface area contributed by atoms with Gasteiger partial charge in [0.1, 0.15) is 18.2 Å². The predicted octanol–water partition coefficient (Wildman–Crippen LogP) is 3.54. The van der Waals surface area contributed by atoms with Crippen LogP contribution in [0, 0.1) is 5.82 Å². The van der Waals surface area contributed by atoms with Crippen molar-refractivity contribution in [2.45, 2.75) is 13.0 Å². The second kappa shape index (κ2) is 7.38. The van der Waals surface area contributed by atoms with E-state index in [4.69, 9.17) is 4.74 Å². The molecule has 130 valence electrons. The molecule has 0 saturated carbocycles. The van der Waals surface area contributed by atoms with Gasteiger partial charge in [0.15, 0.2) is 0 Å². The summed E-state index contributed by atoms with van der Waals surface area (Å²) in [5, 5.41) is 2.90.